The van der Waals surface area contributed by atoms with Crippen LogP contribution in [0.15, 0.2) is 24.7 Å². The molecule has 200 valence electrons. The number of alkyl halides is 2. The van der Waals surface area contributed by atoms with Gasteiger partial charge in [-0.2, -0.15) is 10.2 Å². The summed E-state index contributed by atoms with van der Waals surface area (Å²) in [7, 11) is 0. The van der Waals surface area contributed by atoms with Crippen LogP contribution in [0, 0.1) is 11.8 Å². The van der Waals surface area contributed by atoms with Crippen LogP contribution in [-0.4, -0.2) is 55.6 Å². The van der Waals surface area contributed by atoms with E-state index in [1.54, 1.807) is 17.1 Å². The maximum atomic E-state index is 13.9. The lowest BCUT2D eigenvalue weighted by atomic mass is 9.80. The van der Waals surface area contributed by atoms with Crippen molar-refractivity contribution >= 4 is 23.1 Å². The van der Waals surface area contributed by atoms with Gasteiger partial charge in [-0.25, -0.2) is 18.3 Å². The summed E-state index contributed by atoms with van der Waals surface area (Å²) >= 11 is 0. The average Bonchev–Trinajstić information content (AvgIpc) is 3.47. The number of hydrogen-bond acceptors (Lipinski definition) is 6. The van der Waals surface area contributed by atoms with Gasteiger partial charge in [0.1, 0.15) is 11.4 Å². The van der Waals surface area contributed by atoms with Gasteiger partial charge in [0.05, 0.1) is 30.1 Å². The first-order chi connectivity index (χ1) is 17.7. The van der Waals surface area contributed by atoms with Crippen molar-refractivity contribution in [1.82, 2.24) is 24.4 Å². The number of nitrogens with one attached hydrogen (secondary N) is 1. The number of fused-ring (bicyclic) bond motifs is 1. The highest BCUT2D eigenvalue weighted by Crippen LogP contribution is 2.37. The lowest BCUT2D eigenvalue weighted by Crippen LogP contribution is -2.45. The van der Waals surface area contributed by atoms with E-state index < -0.39 is 18.0 Å². The van der Waals surface area contributed by atoms with Gasteiger partial charge in [0.15, 0.2) is 11.3 Å². The standard InChI is InChI=1S/C26H35F2N7O2/c1-15(2)18-5-7-19(8-6-18)35-14-21(23(32-35)24(27)28)30-26(36)20-11-29-34-10-9-22(31-25(20)34)33-12-16(3)37-17(4)13-33/h9-11,14-19,24H,5-8,12-13H2,1-4H3,(H,30,36)/t16-,17-,18?,19?/m0/s1. The predicted octanol–water partition coefficient (Wildman–Crippen LogP) is 5.12. The number of carbonyl (C=O) groups is 1. The number of morpholine rings is 1. The van der Waals surface area contributed by atoms with Gasteiger partial charge in [-0.3, -0.25) is 9.48 Å². The lowest BCUT2D eigenvalue weighted by molar-refractivity contribution is -0.00545. The lowest BCUT2D eigenvalue weighted by Gasteiger charge is -2.36. The number of amides is 1. The molecule has 1 amide bonds. The van der Waals surface area contributed by atoms with Crippen LogP contribution >= 0.6 is 0 Å². The number of anilines is 2. The van der Waals surface area contributed by atoms with Gasteiger partial charge >= 0.3 is 0 Å². The molecular weight excluding hydrogens is 480 g/mol. The van der Waals surface area contributed by atoms with Crippen molar-refractivity contribution in [3.63, 3.8) is 0 Å². The molecule has 1 saturated heterocycles. The van der Waals surface area contributed by atoms with E-state index in [2.05, 4.69) is 39.2 Å². The van der Waals surface area contributed by atoms with Gasteiger partial charge in [0.25, 0.3) is 12.3 Å². The summed E-state index contributed by atoms with van der Waals surface area (Å²) in [5, 5.41) is 11.1. The van der Waals surface area contributed by atoms with Crippen molar-refractivity contribution in [3.8, 4) is 0 Å². The van der Waals surface area contributed by atoms with Gasteiger partial charge in [0, 0.05) is 25.5 Å². The minimum absolute atomic E-state index is 0.0253. The van der Waals surface area contributed by atoms with Crippen molar-refractivity contribution in [2.75, 3.05) is 23.3 Å². The average molecular weight is 516 g/mol. The number of rotatable bonds is 6. The zero-order valence-corrected chi connectivity index (χ0v) is 21.8. The van der Waals surface area contributed by atoms with Crippen LogP contribution in [0.3, 0.4) is 0 Å². The van der Waals surface area contributed by atoms with Gasteiger partial charge in [0.2, 0.25) is 0 Å². The summed E-state index contributed by atoms with van der Waals surface area (Å²) in [5.41, 5.74) is 0.180. The minimum Gasteiger partial charge on any atom is -0.372 e. The Hall–Kier alpha value is -3.08. The van der Waals surface area contributed by atoms with Crippen molar-refractivity contribution in [2.24, 2.45) is 11.8 Å². The number of halogens is 2. The van der Waals surface area contributed by atoms with Gasteiger partial charge in [-0.15, -0.1) is 0 Å². The zero-order chi connectivity index (χ0) is 26.3. The van der Waals surface area contributed by atoms with Crippen molar-refractivity contribution in [2.45, 2.75) is 78.1 Å². The van der Waals surface area contributed by atoms with Gasteiger partial charge < -0.3 is 15.0 Å². The molecule has 0 spiro atoms. The van der Waals surface area contributed by atoms with E-state index >= 15 is 0 Å². The highest BCUT2D eigenvalue weighted by Gasteiger charge is 2.29. The summed E-state index contributed by atoms with van der Waals surface area (Å²) in [5.74, 6) is 1.42. The molecular formula is C26H35F2N7O2. The molecule has 0 aromatic carbocycles. The highest BCUT2D eigenvalue weighted by molar-refractivity contribution is 6.08. The SMILES string of the molecule is CC(C)C1CCC(n2cc(NC(=O)c3cnn4ccc(N5C[C@H](C)O[C@@H](C)C5)nc34)c(C(F)F)n2)CC1. The maximum absolute atomic E-state index is 13.9. The number of ether oxygens (including phenoxy) is 1. The third-order valence-electron chi connectivity index (χ3n) is 7.62. The number of aromatic nitrogens is 5. The predicted molar refractivity (Wildman–Crippen MR) is 136 cm³/mol. The molecule has 3 aromatic heterocycles. The van der Waals surface area contributed by atoms with Crippen LogP contribution in [0.1, 0.15) is 81.9 Å². The Bertz CT molecular complexity index is 1240. The minimum atomic E-state index is -2.80. The fourth-order valence-corrected chi connectivity index (χ4v) is 5.63. The van der Waals surface area contributed by atoms with E-state index in [0.29, 0.717) is 36.4 Å². The third-order valence-corrected chi connectivity index (χ3v) is 7.62. The molecule has 2 atom stereocenters. The van der Waals surface area contributed by atoms with Crippen LogP contribution in [0.5, 0.6) is 0 Å². The molecule has 0 radical (unpaired) electrons. The summed E-state index contributed by atoms with van der Waals surface area (Å²) in [4.78, 5) is 20.0. The monoisotopic (exact) mass is 515 g/mol. The maximum Gasteiger partial charge on any atom is 0.284 e. The van der Waals surface area contributed by atoms with E-state index in [-0.39, 0.29) is 29.5 Å². The summed E-state index contributed by atoms with van der Waals surface area (Å²) in [6.45, 7) is 9.83. The smallest absolute Gasteiger partial charge is 0.284 e. The fraction of sp³-hybridized carbons (Fsp3) is 0.615. The van der Waals surface area contributed by atoms with Crippen LogP contribution in [-0.2, 0) is 4.74 Å². The van der Waals surface area contributed by atoms with E-state index in [4.69, 9.17) is 4.74 Å². The summed E-state index contributed by atoms with van der Waals surface area (Å²) < 4.78 is 36.7. The molecule has 1 aliphatic carbocycles. The van der Waals surface area contributed by atoms with Crippen molar-refractivity contribution < 1.29 is 18.3 Å². The summed E-state index contributed by atoms with van der Waals surface area (Å²) in [6.07, 6.45) is 5.87. The first kappa shape index (κ1) is 25.6. The first-order valence-electron chi connectivity index (χ1n) is 13.1. The molecule has 37 heavy (non-hydrogen) atoms. The fourth-order valence-electron chi connectivity index (χ4n) is 5.63. The van der Waals surface area contributed by atoms with Crippen LogP contribution in [0.4, 0.5) is 20.3 Å². The Morgan fingerprint density at radius 3 is 2.49 bits per heavy atom. The quantitative estimate of drug-likeness (QED) is 0.490. The summed E-state index contributed by atoms with van der Waals surface area (Å²) in [6, 6.07) is 1.90. The van der Waals surface area contributed by atoms with E-state index in [1.807, 2.05) is 19.9 Å². The third kappa shape index (κ3) is 5.32. The van der Waals surface area contributed by atoms with Crippen LogP contribution in [0.2, 0.25) is 0 Å². The molecule has 4 heterocycles. The molecule has 0 bridgehead atoms. The van der Waals surface area contributed by atoms with Crippen molar-refractivity contribution in [1.29, 1.82) is 0 Å². The Morgan fingerprint density at radius 1 is 1.14 bits per heavy atom. The molecule has 2 fully saturated rings. The topological polar surface area (TPSA) is 89.6 Å². The second-order valence-corrected chi connectivity index (χ2v) is 10.7. The second-order valence-electron chi connectivity index (χ2n) is 10.7. The molecule has 11 heteroatoms. The highest BCUT2D eigenvalue weighted by atomic mass is 19.3. The Labute approximate surface area is 215 Å². The Kier molecular flexibility index (Phi) is 7.15. The largest absolute Gasteiger partial charge is 0.372 e. The van der Waals surface area contributed by atoms with Crippen LogP contribution < -0.4 is 10.2 Å². The van der Waals surface area contributed by atoms with Gasteiger partial charge in [-0.1, -0.05) is 13.8 Å². The van der Waals surface area contributed by atoms with Crippen LogP contribution in [0.25, 0.3) is 5.65 Å². The molecule has 1 saturated carbocycles. The molecule has 9 nitrogen and oxygen atoms in total. The number of nitrogens with zero attached hydrogens (tertiary/aromatic N) is 6. The number of hydrogen-bond donors (Lipinski definition) is 1. The molecule has 1 aliphatic heterocycles. The molecule has 3 aromatic rings. The van der Waals surface area contributed by atoms with E-state index in [0.717, 1.165) is 25.7 Å². The van der Waals surface area contributed by atoms with Gasteiger partial charge in [-0.05, 0) is 57.4 Å². The molecule has 0 unspecified atom stereocenters. The van der Waals surface area contributed by atoms with E-state index in [9.17, 15) is 13.6 Å². The van der Waals surface area contributed by atoms with Crippen molar-refractivity contribution in [3.05, 3.63) is 35.9 Å². The Balaban J connectivity index is 1.37. The van der Waals surface area contributed by atoms with E-state index in [1.165, 1.54) is 10.7 Å². The second kappa shape index (κ2) is 10.4. The molecule has 5 rings (SSSR count). The number of carbonyl (C=O) groups excluding carboxylic acids is 1. The molecule has 1 N–H and O–H groups in total. The Morgan fingerprint density at radius 2 is 1.84 bits per heavy atom. The first-order valence-corrected chi connectivity index (χ1v) is 13.1. The zero-order valence-electron chi connectivity index (χ0n) is 21.8. The molecule has 2 aliphatic rings. The normalized spacial score (nSPS) is 24.8.